The number of hydrogen-bond acceptors (Lipinski definition) is 4. The van der Waals surface area contributed by atoms with Crippen molar-refractivity contribution in [3.05, 3.63) is 92.8 Å². The number of amides is 1. The van der Waals surface area contributed by atoms with E-state index in [1.807, 2.05) is 24.3 Å². The number of anilines is 1. The van der Waals surface area contributed by atoms with Crippen molar-refractivity contribution in [1.29, 1.82) is 0 Å². The minimum absolute atomic E-state index is 0.180. The SMILES string of the molecule is CC(C)c1ccccc1NC(=O)COc1ccc2c(=O)c(-c3ccc(Cl)cc3Cl)coc2c1. The smallest absolute Gasteiger partial charge is 0.262 e. The van der Waals surface area contributed by atoms with Crippen molar-refractivity contribution < 1.29 is 13.9 Å². The third-order valence-corrected chi connectivity index (χ3v) is 5.74. The van der Waals surface area contributed by atoms with Gasteiger partial charge in [0.1, 0.15) is 17.6 Å². The van der Waals surface area contributed by atoms with E-state index in [-0.39, 0.29) is 23.9 Å². The number of fused-ring (bicyclic) bond motifs is 1. The maximum atomic E-state index is 13.0. The zero-order valence-electron chi connectivity index (χ0n) is 18.0. The summed E-state index contributed by atoms with van der Waals surface area (Å²) in [5.41, 5.74) is 2.80. The van der Waals surface area contributed by atoms with E-state index in [4.69, 9.17) is 32.4 Å². The highest BCUT2D eigenvalue weighted by molar-refractivity contribution is 6.36. The number of carbonyl (C=O) groups excluding carboxylic acids is 1. The van der Waals surface area contributed by atoms with E-state index in [0.717, 1.165) is 11.3 Å². The second kappa shape index (κ2) is 9.69. The van der Waals surface area contributed by atoms with Crippen molar-refractivity contribution in [2.24, 2.45) is 0 Å². The van der Waals surface area contributed by atoms with E-state index in [2.05, 4.69) is 19.2 Å². The Morgan fingerprint density at radius 2 is 1.82 bits per heavy atom. The number of nitrogens with one attached hydrogen (secondary N) is 1. The molecule has 0 aliphatic heterocycles. The summed E-state index contributed by atoms with van der Waals surface area (Å²) in [4.78, 5) is 25.4. The first-order valence-electron chi connectivity index (χ1n) is 10.4. The molecule has 1 aromatic heterocycles. The number of ether oxygens (including phenoxy) is 1. The minimum Gasteiger partial charge on any atom is -0.484 e. The Bertz CT molecular complexity index is 1390. The van der Waals surface area contributed by atoms with Crippen LogP contribution in [0.25, 0.3) is 22.1 Å². The van der Waals surface area contributed by atoms with Gasteiger partial charge in [0.15, 0.2) is 6.61 Å². The minimum atomic E-state index is -0.280. The van der Waals surface area contributed by atoms with Crippen LogP contribution >= 0.6 is 23.2 Å². The molecule has 0 spiro atoms. The maximum absolute atomic E-state index is 13.0. The molecular formula is C26H21Cl2NO4. The average Bonchev–Trinajstić information content (AvgIpc) is 2.79. The molecular weight excluding hydrogens is 461 g/mol. The number of hydrogen-bond donors (Lipinski definition) is 1. The van der Waals surface area contributed by atoms with Crippen LogP contribution in [-0.2, 0) is 4.79 Å². The Morgan fingerprint density at radius 3 is 2.58 bits per heavy atom. The number of rotatable bonds is 6. The summed E-state index contributed by atoms with van der Waals surface area (Å²) >= 11 is 12.2. The third kappa shape index (κ3) is 5.05. The van der Waals surface area contributed by atoms with Gasteiger partial charge >= 0.3 is 0 Å². The zero-order chi connectivity index (χ0) is 23.5. The molecule has 0 atom stereocenters. The summed E-state index contributed by atoms with van der Waals surface area (Å²) in [5, 5.41) is 4.10. The van der Waals surface area contributed by atoms with Crippen molar-refractivity contribution in [1.82, 2.24) is 0 Å². The first-order valence-corrected chi connectivity index (χ1v) is 11.1. The van der Waals surface area contributed by atoms with Gasteiger partial charge in [-0.1, -0.05) is 61.3 Å². The van der Waals surface area contributed by atoms with Crippen LogP contribution in [0, 0.1) is 0 Å². The fourth-order valence-electron chi connectivity index (χ4n) is 3.54. The van der Waals surface area contributed by atoms with Crippen LogP contribution in [0.15, 0.2) is 76.1 Å². The van der Waals surface area contributed by atoms with Crippen molar-refractivity contribution in [3.63, 3.8) is 0 Å². The lowest BCUT2D eigenvalue weighted by atomic mass is 10.0. The molecule has 0 aliphatic carbocycles. The third-order valence-electron chi connectivity index (χ3n) is 5.19. The first-order chi connectivity index (χ1) is 15.8. The van der Waals surface area contributed by atoms with Gasteiger partial charge in [-0.05, 0) is 41.8 Å². The Labute approximate surface area is 200 Å². The predicted molar refractivity (Wildman–Crippen MR) is 133 cm³/mol. The molecule has 0 radical (unpaired) electrons. The first kappa shape index (κ1) is 22.9. The van der Waals surface area contributed by atoms with E-state index >= 15 is 0 Å². The number of benzene rings is 3. The lowest BCUT2D eigenvalue weighted by molar-refractivity contribution is -0.118. The van der Waals surface area contributed by atoms with Crippen molar-refractivity contribution in [2.75, 3.05) is 11.9 Å². The molecule has 0 fully saturated rings. The number of para-hydroxylation sites is 1. The lowest BCUT2D eigenvalue weighted by Gasteiger charge is -2.14. The lowest BCUT2D eigenvalue weighted by Crippen LogP contribution is -2.21. The molecule has 0 unspecified atom stereocenters. The predicted octanol–water partition coefficient (Wildman–Crippen LogP) is 6.91. The highest BCUT2D eigenvalue weighted by Gasteiger charge is 2.14. The second-order valence-corrected chi connectivity index (χ2v) is 8.68. The van der Waals surface area contributed by atoms with Gasteiger partial charge < -0.3 is 14.5 Å². The Hall–Kier alpha value is -3.28. The Balaban J connectivity index is 1.51. The largest absolute Gasteiger partial charge is 0.484 e. The molecule has 0 saturated heterocycles. The van der Waals surface area contributed by atoms with Crippen LogP contribution in [0.1, 0.15) is 25.3 Å². The molecule has 1 heterocycles. The van der Waals surface area contributed by atoms with Crippen LogP contribution in [0.5, 0.6) is 5.75 Å². The Morgan fingerprint density at radius 1 is 1.03 bits per heavy atom. The van der Waals surface area contributed by atoms with Gasteiger partial charge in [0.2, 0.25) is 5.43 Å². The number of carbonyl (C=O) groups is 1. The van der Waals surface area contributed by atoms with Gasteiger partial charge in [-0.25, -0.2) is 0 Å². The standard InChI is InChI=1S/C26H21Cl2NO4/c1-15(2)18-5-3-4-6-23(18)29-25(30)14-32-17-8-10-20-24(12-17)33-13-21(26(20)31)19-9-7-16(27)11-22(19)28/h3-13,15H,14H2,1-2H3,(H,29,30). The van der Waals surface area contributed by atoms with Crippen molar-refractivity contribution in [2.45, 2.75) is 19.8 Å². The highest BCUT2D eigenvalue weighted by Crippen LogP contribution is 2.30. The normalized spacial score (nSPS) is 11.1. The van der Waals surface area contributed by atoms with E-state index < -0.39 is 0 Å². The quantitative estimate of drug-likeness (QED) is 0.324. The molecule has 5 nitrogen and oxygen atoms in total. The van der Waals surface area contributed by atoms with Gasteiger partial charge in [0.05, 0.1) is 16.0 Å². The molecule has 0 bridgehead atoms. The summed E-state index contributed by atoms with van der Waals surface area (Å²) in [6.45, 7) is 3.95. The molecule has 33 heavy (non-hydrogen) atoms. The monoisotopic (exact) mass is 481 g/mol. The summed E-state index contributed by atoms with van der Waals surface area (Å²) in [6, 6.07) is 17.4. The topological polar surface area (TPSA) is 68.5 Å². The van der Waals surface area contributed by atoms with Crippen molar-refractivity contribution in [3.8, 4) is 16.9 Å². The van der Waals surface area contributed by atoms with Gasteiger partial charge in [-0.15, -0.1) is 0 Å². The van der Waals surface area contributed by atoms with Crippen LogP contribution in [0.4, 0.5) is 5.69 Å². The van der Waals surface area contributed by atoms with Gasteiger partial charge in [-0.2, -0.15) is 0 Å². The van der Waals surface area contributed by atoms with Crippen LogP contribution < -0.4 is 15.5 Å². The molecule has 0 aliphatic rings. The van der Waals surface area contributed by atoms with Crippen molar-refractivity contribution >= 4 is 45.8 Å². The van der Waals surface area contributed by atoms with Crippen LogP contribution in [0.3, 0.4) is 0 Å². The fraction of sp³-hybridized carbons (Fsp3) is 0.154. The van der Waals surface area contributed by atoms with E-state index in [1.165, 1.54) is 6.26 Å². The van der Waals surface area contributed by atoms with E-state index in [0.29, 0.717) is 37.9 Å². The zero-order valence-corrected chi connectivity index (χ0v) is 19.5. The molecule has 4 aromatic rings. The van der Waals surface area contributed by atoms with E-state index in [1.54, 1.807) is 36.4 Å². The molecule has 4 rings (SSSR count). The molecule has 0 saturated carbocycles. The van der Waals surface area contributed by atoms with Gasteiger partial charge in [0, 0.05) is 22.3 Å². The summed E-state index contributed by atoms with van der Waals surface area (Å²) in [6.07, 6.45) is 1.36. The molecule has 1 N–H and O–H groups in total. The fourth-order valence-corrected chi connectivity index (χ4v) is 4.05. The molecule has 7 heteroatoms. The van der Waals surface area contributed by atoms with Gasteiger partial charge in [-0.3, -0.25) is 9.59 Å². The summed E-state index contributed by atoms with van der Waals surface area (Å²) in [5.74, 6) is 0.408. The number of halogens is 2. The molecule has 1 amide bonds. The highest BCUT2D eigenvalue weighted by atomic mass is 35.5. The molecule has 168 valence electrons. The molecule has 3 aromatic carbocycles. The average molecular weight is 482 g/mol. The van der Waals surface area contributed by atoms with Gasteiger partial charge in [0.25, 0.3) is 5.91 Å². The second-order valence-electron chi connectivity index (χ2n) is 7.84. The summed E-state index contributed by atoms with van der Waals surface area (Å²) in [7, 11) is 0. The van der Waals surface area contributed by atoms with Crippen LogP contribution in [-0.4, -0.2) is 12.5 Å². The van der Waals surface area contributed by atoms with Crippen LogP contribution in [0.2, 0.25) is 10.0 Å². The maximum Gasteiger partial charge on any atom is 0.262 e. The Kier molecular flexibility index (Phi) is 6.72. The van der Waals surface area contributed by atoms with E-state index in [9.17, 15) is 9.59 Å². The summed E-state index contributed by atoms with van der Waals surface area (Å²) < 4.78 is 11.3.